The van der Waals surface area contributed by atoms with E-state index in [-0.39, 0.29) is 29.0 Å². The summed E-state index contributed by atoms with van der Waals surface area (Å²) in [6.07, 6.45) is 12.6. The first kappa shape index (κ1) is 23.1. The number of aliphatic hydroxyl groups is 1. The van der Waals surface area contributed by atoms with Gasteiger partial charge in [-0.05, 0) is 85.8 Å². The van der Waals surface area contributed by atoms with Crippen LogP contribution in [-0.2, 0) is 9.59 Å². The Kier molecular flexibility index (Phi) is 5.36. The van der Waals surface area contributed by atoms with Gasteiger partial charge < -0.3 is 10.2 Å². The van der Waals surface area contributed by atoms with E-state index in [4.69, 9.17) is 0 Å². The van der Waals surface area contributed by atoms with Crippen LogP contribution in [0.4, 0.5) is 0 Å². The second kappa shape index (κ2) is 7.66. The quantitative estimate of drug-likeness (QED) is 0.560. The van der Waals surface area contributed by atoms with Crippen LogP contribution in [0.15, 0.2) is 35.5 Å². The van der Waals surface area contributed by atoms with E-state index in [2.05, 4.69) is 27.4 Å². The van der Waals surface area contributed by atoms with Gasteiger partial charge in [0.15, 0.2) is 5.78 Å². The fourth-order valence-electron chi connectivity index (χ4n) is 9.49. The van der Waals surface area contributed by atoms with E-state index in [9.17, 15) is 19.8 Å². The fraction of sp³-hybridized carbons (Fsp3) is 0.724. The van der Waals surface area contributed by atoms with E-state index in [1.54, 1.807) is 6.08 Å². The topological polar surface area (TPSA) is 74.6 Å². The molecule has 0 aromatic rings. The van der Waals surface area contributed by atoms with Crippen molar-refractivity contribution >= 4 is 11.8 Å². The molecule has 0 bridgehead atoms. The van der Waals surface area contributed by atoms with Crippen LogP contribution < -0.4 is 0 Å². The highest BCUT2D eigenvalue weighted by molar-refractivity contribution is 6.02. The van der Waals surface area contributed by atoms with E-state index >= 15 is 0 Å². The van der Waals surface area contributed by atoms with Crippen LogP contribution in [0.2, 0.25) is 0 Å². The molecule has 4 fully saturated rings. The predicted octanol–water partition coefficient (Wildman–Crippen LogP) is 5.86. The van der Waals surface area contributed by atoms with Crippen LogP contribution in [0.5, 0.6) is 0 Å². The van der Waals surface area contributed by atoms with Crippen molar-refractivity contribution in [2.24, 2.45) is 40.4 Å². The van der Waals surface area contributed by atoms with E-state index in [0.29, 0.717) is 30.1 Å². The molecule has 4 heteroatoms. The third kappa shape index (κ3) is 3.12. The third-order valence-electron chi connectivity index (χ3n) is 11.3. The molecular weight excluding hydrogens is 412 g/mol. The van der Waals surface area contributed by atoms with E-state index in [0.717, 1.165) is 68.1 Å². The Morgan fingerprint density at radius 3 is 2.45 bits per heavy atom. The Morgan fingerprint density at radius 2 is 1.79 bits per heavy atom. The van der Waals surface area contributed by atoms with Gasteiger partial charge >= 0.3 is 5.97 Å². The van der Waals surface area contributed by atoms with E-state index in [1.807, 2.05) is 6.08 Å². The number of carboxylic acid groups (broad SMARTS) is 1. The number of hydrogen-bond acceptors (Lipinski definition) is 3. The number of fused-ring (bicyclic) bond motifs is 5. The summed E-state index contributed by atoms with van der Waals surface area (Å²) in [7, 11) is 0. The Bertz CT molecular complexity index is 953. The minimum atomic E-state index is -0.915. The number of carbonyl (C=O) groups is 2. The average Bonchev–Trinajstić information content (AvgIpc) is 3.36. The summed E-state index contributed by atoms with van der Waals surface area (Å²) in [5, 5.41) is 22.2. The molecule has 180 valence electrons. The summed E-state index contributed by atoms with van der Waals surface area (Å²) >= 11 is 0. The maximum Gasteiger partial charge on any atom is 0.303 e. The molecule has 4 nitrogen and oxygen atoms in total. The van der Waals surface area contributed by atoms with Gasteiger partial charge in [0.2, 0.25) is 0 Å². The van der Waals surface area contributed by atoms with Crippen LogP contribution >= 0.6 is 0 Å². The number of carbonyl (C=O) groups excluding carboxylic acids is 1. The normalized spacial score (nSPS) is 43.9. The second-order valence-electron chi connectivity index (χ2n) is 12.3. The first-order valence-corrected chi connectivity index (χ1v) is 13.1. The van der Waals surface area contributed by atoms with Crippen molar-refractivity contribution in [2.45, 2.75) is 90.6 Å². The van der Waals surface area contributed by atoms with Gasteiger partial charge in [0.05, 0.1) is 12.0 Å². The average molecular weight is 453 g/mol. The minimum Gasteiger partial charge on any atom is -0.481 e. The van der Waals surface area contributed by atoms with Crippen molar-refractivity contribution in [3.05, 3.63) is 35.5 Å². The zero-order valence-corrected chi connectivity index (χ0v) is 20.5. The summed E-state index contributed by atoms with van der Waals surface area (Å²) in [5.74, 6) is 0.671. The number of ketones is 1. The van der Waals surface area contributed by atoms with Gasteiger partial charge in [0.25, 0.3) is 0 Å². The molecule has 0 aliphatic heterocycles. The molecule has 0 spiro atoms. The second-order valence-corrected chi connectivity index (χ2v) is 12.3. The van der Waals surface area contributed by atoms with Crippen molar-refractivity contribution in [3.63, 3.8) is 0 Å². The predicted molar refractivity (Wildman–Crippen MR) is 128 cm³/mol. The van der Waals surface area contributed by atoms with Crippen molar-refractivity contribution in [2.75, 3.05) is 0 Å². The van der Waals surface area contributed by atoms with Crippen LogP contribution in [0.1, 0.15) is 85.0 Å². The summed E-state index contributed by atoms with van der Waals surface area (Å²) in [6, 6.07) is 0. The molecule has 5 aliphatic rings. The molecule has 2 unspecified atom stereocenters. The van der Waals surface area contributed by atoms with Crippen LogP contribution in [-0.4, -0.2) is 27.6 Å². The summed E-state index contributed by atoms with van der Waals surface area (Å²) in [4.78, 5) is 24.2. The van der Waals surface area contributed by atoms with E-state index < -0.39 is 11.6 Å². The van der Waals surface area contributed by atoms with Gasteiger partial charge in [0, 0.05) is 11.3 Å². The maximum atomic E-state index is 12.4. The standard InChI is InChI=1S/C29H40O4/c1-17-13-21-22-10-12-29(33,25(16-26(31)32)19-7-5-6-8-19)27(22,3)11-9-23(21)28(4)18(2)14-20(30)15-24(17)28/h14-15,19,21-23,25,33H,1,5-13,16H2,2-4H3,(H,31,32)/t21-,22-,23+,25?,27-,28+,29?/m0/s1. The molecule has 5 rings (SSSR count). The highest BCUT2D eigenvalue weighted by atomic mass is 16.4. The lowest BCUT2D eigenvalue weighted by Crippen LogP contribution is -2.58. The number of allylic oxidation sites excluding steroid dienone is 5. The molecule has 0 aromatic heterocycles. The SMILES string of the molecule is C=C1C[C@@H]2[C@@H](CC[C@@]3(C)[C@H]2CCC3(O)C(CC(=O)O)C2CCCC2)[C@@]2(C)C(C)=CC(=O)C=C12. The van der Waals surface area contributed by atoms with Crippen molar-refractivity contribution < 1.29 is 19.8 Å². The Hall–Kier alpha value is -1.68. The van der Waals surface area contributed by atoms with E-state index in [1.165, 1.54) is 0 Å². The van der Waals surface area contributed by atoms with Gasteiger partial charge in [-0.1, -0.05) is 57.3 Å². The number of carboxylic acids is 1. The molecule has 7 atom stereocenters. The third-order valence-corrected chi connectivity index (χ3v) is 11.3. The van der Waals surface area contributed by atoms with Gasteiger partial charge in [0.1, 0.15) is 0 Å². The Labute approximate surface area is 198 Å². The first-order valence-electron chi connectivity index (χ1n) is 13.1. The highest BCUT2D eigenvalue weighted by Gasteiger charge is 2.67. The fourth-order valence-corrected chi connectivity index (χ4v) is 9.49. The lowest BCUT2D eigenvalue weighted by atomic mass is 9.44. The van der Waals surface area contributed by atoms with Crippen molar-refractivity contribution in [1.82, 2.24) is 0 Å². The molecule has 0 aromatic carbocycles. The molecule has 5 aliphatic carbocycles. The van der Waals surface area contributed by atoms with Gasteiger partial charge in [-0.3, -0.25) is 9.59 Å². The summed E-state index contributed by atoms with van der Waals surface area (Å²) < 4.78 is 0. The van der Waals surface area contributed by atoms with Gasteiger partial charge in [-0.15, -0.1) is 0 Å². The zero-order valence-electron chi connectivity index (χ0n) is 20.5. The molecule has 0 radical (unpaired) electrons. The van der Waals surface area contributed by atoms with Crippen LogP contribution in [0, 0.1) is 40.4 Å². The first-order chi connectivity index (χ1) is 15.5. The molecule has 2 N–H and O–H groups in total. The maximum absolute atomic E-state index is 12.4. The zero-order chi connectivity index (χ0) is 23.8. The van der Waals surface area contributed by atoms with Gasteiger partial charge in [-0.25, -0.2) is 0 Å². The summed E-state index contributed by atoms with van der Waals surface area (Å²) in [6.45, 7) is 11.1. The molecular formula is C29H40O4. The van der Waals surface area contributed by atoms with Gasteiger partial charge in [-0.2, -0.15) is 0 Å². The number of hydrogen-bond donors (Lipinski definition) is 2. The smallest absolute Gasteiger partial charge is 0.303 e. The monoisotopic (exact) mass is 452 g/mol. The largest absolute Gasteiger partial charge is 0.481 e. The molecule has 4 saturated carbocycles. The van der Waals surface area contributed by atoms with Crippen molar-refractivity contribution in [3.8, 4) is 0 Å². The molecule has 0 amide bonds. The number of aliphatic carboxylic acids is 1. The molecule has 0 heterocycles. The van der Waals surface area contributed by atoms with Crippen LogP contribution in [0.3, 0.4) is 0 Å². The van der Waals surface area contributed by atoms with Crippen LogP contribution in [0.25, 0.3) is 0 Å². The molecule has 0 saturated heterocycles. The Balaban J connectivity index is 1.52. The molecule has 33 heavy (non-hydrogen) atoms. The lowest BCUT2D eigenvalue weighted by molar-refractivity contribution is -0.169. The minimum absolute atomic E-state index is 0.0727. The highest BCUT2D eigenvalue weighted by Crippen LogP contribution is 2.70. The lowest BCUT2D eigenvalue weighted by Gasteiger charge is -2.60. The van der Waals surface area contributed by atoms with Crippen molar-refractivity contribution in [1.29, 1.82) is 0 Å². The summed E-state index contributed by atoms with van der Waals surface area (Å²) in [5.41, 5.74) is 2.00. The Morgan fingerprint density at radius 1 is 1.12 bits per heavy atom. The number of rotatable bonds is 4.